The normalized spacial score (nSPS) is 19.8. The minimum Gasteiger partial charge on any atom is -0.478 e. The molecule has 2 saturated heterocycles. The van der Waals surface area contributed by atoms with E-state index >= 15 is 0 Å². The highest BCUT2D eigenvalue weighted by Crippen LogP contribution is 2.21. The van der Waals surface area contributed by atoms with E-state index in [1.165, 1.54) is 25.0 Å². The molecule has 130 valence electrons. The third-order valence-corrected chi connectivity index (χ3v) is 4.76. The van der Waals surface area contributed by atoms with Gasteiger partial charge in [0.2, 0.25) is 0 Å². The molecular weight excluding hydrogens is 306 g/mol. The van der Waals surface area contributed by atoms with Crippen LogP contribution in [0.5, 0.6) is 0 Å². The Bertz CT molecular complexity index is 558. The van der Waals surface area contributed by atoms with Crippen LogP contribution < -0.4 is 0 Å². The van der Waals surface area contributed by atoms with Gasteiger partial charge in [-0.2, -0.15) is 5.12 Å². The van der Waals surface area contributed by atoms with Gasteiger partial charge in [0, 0.05) is 31.7 Å². The van der Waals surface area contributed by atoms with Crippen LogP contribution in [0.1, 0.15) is 59.2 Å². The topological polar surface area (TPSA) is 64.1 Å². The fourth-order valence-electron chi connectivity index (χ4n) is 3.44. The van der Waals surface area contributed by atoms with E-state index in [0.717, 1.165) is 51.9 Å². The second kappa shape index (κ2) is 7.77. The Morgan fingerprint density at radius 3 is 1.58 bits per heavy atom. The Hall–Kier alpha value is -1.92. The molecule has 0 atom stereocenters. The number of piperidine rings is 2. The maximum absolute atomic E-state index is 13.1. The highest BCUT2D eigenvalue weighted by molar-refractivity contribution is 5.95. The van der Waals surface area contributed by atoms with Crippen molar-refractivity contribution in [3.63, 3.8) is 0 Å². The molecule has 0 aliphatic carbocycles. The van der Waals surface area contributed by atoms with E-state index in [2.05, 4.69) is 10.0 Å². The highest BCUT2D eigenvalue weighted by Gasteiger charge is 2.30. The molecule has 3 rings (SSSR count). The Morgan fingerprint density at radius 2 is 1.17 bits per heavy atom. The number of nitrogens with zero attached hydrogens (tertiary/aromatic N) is 3. The maximum atomic E-state index is 13.1. The molecule has 1 amide bonds. The lowest BCUT2D eigenvalue weighted by molar-refractivity contribution is -0.160. The molecule has 0 aromatic heterocycles. The summed E-state index contributed by atoms with van der Waals surface area (Å²) in [6.45, 7) is 3.59. The molecule has 6 nitrogen and oxygen atoms in total. The number of carbonyl (C=O) groups excluding carboxylic acids is 1. The van der Waals surface area contributed by atoms with Crippen LogP contribution in [0.2, 0.25) is 0 Å². The zero-order valence-electron chi connectivity index (χ0n) is 14.0. The first-order valence-electron chi connectivity index (χ1n) is 8.84. The summed E-state index contributed by atoms with van der Waals surface area (Å²) >= 11 is 0. The van der Waals surface area contributed by atoms with Gasteiger partial charge >= 0.3 is 5.97 Å². The average molecular weight is 331 g/mol. The van der Waals surface area contributed by atoms with Crippen molar-refractivity contribution in [2.24, 2.45) is 0 Å². The monoisotopic (exact) mass is 331 g/mol. The van der Waals surface area contributed by atoms with Crippen LogP contribution in [0.4, 0.5) is 0 Å². The second-order valence-electron chi connectivity index (χ2n) is 6.51. The molecule has 2 aliphatic heterocycles. The molecule has 2 aliphatic rings. The number of amides is 1. The van der Waals surface area contributed by atoms with Crippen LogP contribution in [0.25, 0.3) is 0 Å². The van der Waals surface area contributed by atoms with Crippen molar-refractivity contribution < 1.29 is 14.7 Å². The van der Waals surface area contributed by atoms with Gasteiger partial charge in [-0.3, -0.25) is 4.79 Å². The molecule has 0 saturated carbocycles. The summed E-state index contributed by atoms with van der Waals surface area (Å²) in [7, 11) is 0. The smallest absolute Gasteiger partial charge is 0.335 e. The van der Waals surface area contributed by atoms with Gasteiger partial charge in [-0.15, -0.1) is 0 Å². The van der Waals surface area contributed by atoms with E-state index in [0.29, 0.717) is 5.56 Å². The number of carboxylic acids is 1. The van der Waals surface area contributed by atoms with Gasteiger partial charge < -0.3 is 5.11 Å². The maximum Gasteiger partial charge on any atom is 0.335 e. The summed E-state index contributed by atoms with van der Waals surface area (Å²) in [5, 5.41) is 15.2. The molecule has 0 unspecified atom stereocenters. The third-order valence-electron chi connectivity index (χ3n) is 4.76. The van der Waals surface area contributed by atoms with Crippen molar-refractivity contribution >= 4 is 11.9 Å². The first-order valence-corrected chi connectivity index (χ1v) is 8.84. The summed E-state index contributed by atoms with van der Waals surface area (Å²) in [5.41, 5.74) is 0.741. The van der Waals surface area contributed by atoms with E-state index < -0.39 is 5.97 Å². The standard InChI is InChI=1S/C18H25N3O3/c22-17(15-7-9-16(10-8-15)18(23)24)21(19-11-3-1-4-12-19)20-13-5-2-6-14-20/h7-10H,1-6,11-14H2,(H,23,24). The fraction of sp³-hybridized carbons (Fsp3) is 0.556. The van der Waals surface area contributed by atoms with Gasteiger partial charge in [0.1, 0.15) is 0 Å². The molecule has 0 bridgehead atoms. The van der Waals surface area contributed by atoms with Crippen molar-refractivity contribution in [1.82, 2.24) is 15.1 Å². The van der Waals surface area contributed by atoms with E-state index in [1.54, 1.807) is 12.1 Å². The number of benzene rings is 1. The van der Waals surface area contributed by atoms with Crippen LogP contribution in [-0.2, 0) is 0 Å². The summed E-state index contributed by atoms with van der Waals surface area (Å²) in [5.74, 6) is -1.03. The van der Waals surface area contributed by atoms with Gasteiger partial charge in [0.15, 0.2) is 0 Å². The number of carbonyl (C=O) groups is 2. The summed E-state index contributed by atoms with van der Waals surface area (Å²) in [6.07, 6.45) is 6.86. The summed E-state index contributed by atoms with van der Waals surface area (Å²) in [6, 6.07) is 6.24. The Balaban J connectivity index is 1.82. The van der Waals surface area contributed by atoms with Crippen LogP contribution >= 0.6 is 0 Å². The van der Waals surface area contributed by atoms with Crippen molar-refractivity contribution in [2.45, 2.75) is 38.5 Å². The first kappa shape index (κ1) is 16.9. The molecule has 24 heavy (non-hydrogen) atoms. The van der Waals surface area contributed by atoms with Crippen molar-refractivity contribution in [3.05, 3.63) is 35.4 Å². The van der Waals surface area contributed by atoms with Crippen molar-refractivity contribution in [3.8, 4) is 0 Å². The quantitative estimate of drug-likeness (QED) is 0.919. The van der Waals surface area contributed by atoms with Crippen LogP contribution in [0, 0.1) is 0 Å². The molecule has 1 N–H and O–H groups in total. The lowest BCUT2D eigenvalue weighted by Gasteiger charge is -2.45. The van der Waals surface area contributed by atoms with Crippen LogP contribution in [0.3, 0.4) is 0 Å². The average Bonchev–Trinajstić information content (AvgIpc) is 2.64. The van der Waals surface area contributed by atoms with E-state index in [1.807, 2.05) is 5.12 Å². The SMILES string of the molecule is O=C(O)c1ccc(C(=O)N(N2CCCCC2)N2CCCCC2)cc1. The highest BCUT2D eigenvalue weighted by atomic mass is 16.4. The lowest BCUT2D eigenvalue weighted by Crippen LogP contribution is -2.58. The number of carboxylic acid groups (broad SMARTS) is 1. The van der Waals surface area contributed by atoms with Gasteiger partial charge in [-0.05, 0) is 49.9 Å². The van der Waals surface area contributed by atoms with Crippen LogP contribution in [0.15, 0.2) is 24.3 Å². The number of aromatic carboxylic acids is 1. The second-order valence-corrected chi connectivity index (χ2v) is 6.51. The minimum absolute atomic E-state index is 0.0595. The predicted molar refractivity (Wildman–Crippen MR) is 90.4 cm³/mol. The molecule has 0 radical (unpaired) electrons. The first-order chi connectivity index (χ1) is 11.7. The minimum atomic E-state index is -0.974. The van der Waals surface area contributed by atoms with Crippen molar-refractivity contribution in [1.29, 1.82) is 0 Å². The molecule has 6 heteroatoms. The van der Waals surface area contributed by atoms with E-state index in [4.69, 9.17) is 5.11 Å². The van der Waals surface area contributed by atoms with Gasteiger partial charge in [0.25, 0.3) is 5.91 Å². The van der Waals surface area contributed by atoms with Crippen molar-refractivity contribution in [2.75, 3.05) is 26.2 Å². The zero-order valence-corrected chi connectivity index (χ0v) is 14.0. The largest absolute Gasteiger partial charge is 0.478 e. The summed E-state index contributed by atoms with van der Waals surface area (Å²) < 4.78 is 0. The molecule has 2 heterocycles. The van der Waals surface area contributed by atoms with Gasteiger partial charge in [-0.25, -0.2) is 14.8 Å². The number of hydrazine groups is 2. The number of rotatable bonds is 4. The van der Waals surface area contributed by atoms with Gasteiger partial charge in [-0.1, -0.05) is 12.8 Å². The van der Waals surface area contributed by atoms with Gasteiger partial charge in [0.05, 0.1) is 5.56 Å². The summed E-state index contributed by atoms with van der Waals surface area (Å²) in [4.78, 5) is 24.1. The third kappa shape index (κ3) is 3.76. The number of hydrogen-bond acceptors (Lipinski definition) is 4. The molecular formula is C18H25N3O3. The molecule has 0 spiro atoms. The number of hydrogen-bond donors (Lipinski definition) is 1. The van der Waals surface area contributed by atoms with Crippen LogP contribution in [-0.4, -0.2) is 58.3 Å². The fourth-order valence-corrected chi connectivity index (χ4v) is 3.44. The zero-order chi connectivity index (χ0) is 16.9. The Labute approximate surface area is 142 Å². The molecule has 1 aromatic carbocycles. The Kier molecular flexibility index (Phi) is 5.48. The van der Waals surface area contributed by atoms with E-state index in [9.17, 15) is 9.59 Å². The molecule has 2 fully saturated rings. The molecule has 1 aromatic rings. The van der Waals surface area contributed by atoms with E-state index in [-0.39, 0.29) is 11.5 Å². The predicted octanol–water partition coefficient (Wildman–Crippen LogP) is 2.63. The Morgan fingerprint density at radius 1 is 0.750 bits per heavy atom. The lowest BCUT2D eigenvalue weighted by atomic mass is 10.1.